The fraction of sp³-hybridized carbons (Fsp3) is 0.444. The highest BCUT2D eigenvalue weighted by Crippen LogP contribution is 2.15. The number of halogens is 1. The maximum atomic E-state index is 14.2. The summed E-state index contributed by atoms with van der Waals surface area (Å²) in [5.74, 6) is -1.75. The van der Waals surface area contributed by atoms with Crippen LogP contribution in [0.4, 0.5) is 4.39 Å². The Morgan fingerprint density at radius 2 is 1.67 bits per heavy atom. The van der Waals surface area contributed by atoms with Crippen LogP contribution in [0.2, 0.25) is 0 Å². The Kier molecular flexibility index (Phi) is 9.98. The first-order chi connectivity index (χ1) is 16.8. The van der Waals surface area contributed by atoms with Gasteiger partial charge in [-0.05, 0) is 50.1 Å². The average molecular weight is 502 g/mol. The number of hydrogen-bond acceptors (Lipinski definition) is 5. The third-order valence-electron chi connectivity index (χ3n) is 5.43. The fourth-order valence-corrected chi connectivity index (χ4v) is 3.19. The lowest BCUT2D eigenvalue weighted by atomic mass is 9.94. The van der Waals surface area contributed by atoms with Crippen LogP contribution in [-0.4, -0.2) is 47.6 Å². The normalized spacial score (nSPS) is 13.8. The average Bonchev–Trinajstić information content (AvgIpc) is 2.78. The molecule has 0 saturated carbocycles. The second-order valence-electron chi connectivity index (χ2n) is 9.94. The van der Waals surface area contributed by atoms with Crippen LogP contribution in [0.5, 0.6) is 5.75 Å². The summed E-state index contributed by atoms with van der Waals surface area (Å²) in [7, 11) is 0. The second kappa shape index (κ2) is 12.5. The van der Waals surface area contributed by atoms with Crippen LogP contribution in [-0.2, 0) is 20.9 Å². The quantitative estimate of drug-likeness (QED) is 0.399. The van der Waals surface area contributed by atoms with Crippen molar-refractivity contribution < 1.29 is 28.6 Å². The van der Waals surface area contributed by atoms with Gasteiger partial charge in [-0.2, -0.15) is 0 Å². The van der Waals surface area contributed by atoms with E-state index in [0.717, 1.165) is 11.1 Å². The number of aliphatic hydroxyl groups is 1. The van der Waals surface area contributed by atoms with Crippen molar-refractivity contribution in [2.45, 2.75) is 66.3 Å². The van der Waals surface area contributed by atoms with Crippen LogP contribution < -0.4 is 20.7 Å². The molecule has 2 aromatic rings. The molecule has 3 amide bonds. The molecule has 0 aliphatic rings. The van der Waals surface area contributed by atoms with Crippen LogP contribution in [0.15, 0.2) is 42.5 Å². The van der Waals surface area contributed by atoms with Gasteiger partial charge in [-0.3, -0.25) is 14.4 Å². The van der Waals surface area contributed by atoms with Crippen LogP contribution in [0.25, 0.3) is 0 Å². The lowest BCUT2D eigenvalue weighted by molar-refractivity contribution is -0.137. The van der Waals surface area contributed by atoms with Crippen LogP contribution in [0, 0.1) is 25.1 Å². The molecular weight excluding hydrogens is 465 g/mol. The molecule has 0 saturated heterocycles. The highest BCUT2D eigenvalue weighted by atomic mass is 19.1. The predicted octanol–water partition coefficient (Wildman–Crippen LogP) is 2.53. The number of benzene rings is 2. The van der Waals surface area contributed by atoms with Gasteiger partial charge in [0, 0.05) is 17.5 Å². The van der Waals surface area contributed by atoms with Crippen molar-refractivity contribution in [2.24, 2.45) is 5.41 Å². The summed E-state index contributed by atoms with van der Waals surface area (Å²) in [6.07, 6.45) is -1.22. The number of hydrogen-bond donors (Lipinski definition) is 4. The summed E-state index contributed by atoms with van der Waals surface area (Å²) in [6.45, 7) is 9.72. The first-order valence-corrected chi connectivity index (χ1v) is 11.8. The highest BCUT2D eigenvalue weighted by molar-refractivity contribution is 5.93. The molecular formula is C27H36FN3O5. The highest BCUT2D eigenvalue weighted by Gasteiger charge is 2.33. The number of ether oxygens (including phenoxy) is 1. The molecule has 2 rings (SSSR count). The molecule has 3 atom stereocenters. The summed E-state index contributed by atoms with van der Waals surface area (Å²) in [5.41, 5.74) is 1.20. The summed E-state index contributed by atoms with van der Waals surface area (Å²) in [6, 6.07) is 9.38. The van der Waals surface area contributed by atoms with Crippen molar-refractivity contribution in [3.63, 3.8) is 0 Å². The number of carbonyl (C=O) groups excluding carboxylic acids is 3. The van der Waals surface area contributed by atoms with Gasteiger partial charge in [0.05, 0.1) is 6.10 Å². The number of nitrogens with one attached hydrogen (secondary N) is 3. The summed E-state index contributed by atoms with van der Waals surface area (Å²) >= 11 is 0. The first kappa shape index (κ1) is 28.8. The Bertz CT molecular complexity index is 1080. The molecule has 8 nitrogen and oxygen atoms in total. The third-order valence-corrected chi connectivity index (χ3v) is 5.43. The molecule has 2 aromatic carbocycles. The summed E-state index contributed by atoms with van der Waals surface area (Å²) in [5, 5.41) is 17.8. The van der Waals surface area contributed by atoms with Crippen molar-refractivity contribution in [2.75, 3.05) is 6.61 Å². The molecule has 0 aliphatic heterocycles. The maximum Gasteiger partial charge on any atom is 0.246 e. The van der Waals surface area contributed by atoms with Crippen molar-refractivity contribution >= 4 is 17.7 Å². The topological polar surface area (TPSA) is 117 Å². The van der Waals surface area contributed by atoms with Gasteiger partial charge in [-0.15, -0.1) is 0 Å². The van der Waals surface area contributed by atoms with Gasteiger partial charge < -0.3 is 25.8 Å². The lowest BCUT2D eigenvalue weighted by Gasteiger charge is -2.27. The molecule has 0 fully saturated rings. The minimum absolute atomic E-state index is 0.0949. The molecule has 0 aromatic heterocycles. The smallest absolute Gasteiger partial charge is 0.246 e. The van der Waals surface area contributed by atoms with Gasteiger partial charge in [0.15, 0.2) is 0 Å². The Labute approximate surface area is 211 Å². The van der Waals surface area contributed by atoms with Crippen molar-refractivity contribution in [1.82, 2.24) is 16.0 Å². The van der Waals surface area contributed by atoms with E-state index in [1.54, 1.807) is 58.0 Å². The van der Waals surface area contributed by atoms with Gasteiger partial charge in [0.1, 0.15) is 30.3 Å². The van der Waals surface area contributed by atoms with Crippen LogP contribution in [0.3, 0.4) is 0 Å². The standard InChI is InChI=1S/C27H36FN3O5/c1-16-8-7-9-20(12-16)36-15-22(24(33)29-14-19-11-10-17(2)13-21(19)28)30-25(34)23(18(3)32)31-26(35)27(4,5)6/h7-13,18,22-23,32H,14-15H2,1-6H3,(H,29,33)(H,30,34)(H,31,35)/t18-,22+,23+/m1/s1. The van der Waals surface area contributed by atoms with Gasteiger partial charge in [0.2, 0.25) is 17.7 Å². The molecule has 0 unspecified atom stereocenters. The van der Waals surface area contributed by atoms with E-state index in [2.05, 4.69) is 16.0 Å². The summed E-state index contributed by atoms with van der Waals surface area (Å²) in [4.78, 5) is 38.4. The Hall–Kier alpha value is -3.46. The van der Waals surface area contributed by atoms with E-state index in [1.165, 1.54) is 13.0 Å². The molecule has 0 heterocycles. The minimum Gasteiger partial charge on any atom is -0.491 e. The molecule has 0 bridgehead atoms. The molecule has 0 aliphatic carbocycles. The molecule has 9 heteroatoms. The van der Waals surface area contributed by atoms with E-state index in [4.69, 9.17) is 4.74 Å². The van der Waals surface area contributed by atoms with Crippen molar-refractivity contribution in [3.05, 3.63) is 65.0 Å². The SMILES string of the molecule is Cc1cccc(OC[C@H](NC(=O)[C@@H](NC(=O)C(C)(C)C)[C@@H](C)O)C(=O)NCc2ccc(C)cc2F)c1. The van der Waals surface area contributed by atoms with Crippen LogP contribution in [0.1, 0.15) is 44.4 Å². The van der Waals surface area contributed by atoms with Crippen molar-refractivity contribution in [3.8, 4) is 5.75 Å². The third kappa shape index (κ3) is 8.64. The Balaban J connectivity index is 2.18. The molecule has 36 heavy (non-hydrogen) atoms. The largest absolute Gasteiger partial charge is 0.491 e. The van der Waals surface area contributed by atoms with Gasteiger partial charge in [-0.1, -0.05) is 45.0 Å². The molecule has 0 radical (unpaired) electrons. The van der Waals surface area contributed by atoms with Crippen LogP contribution >= 0.6 is 0 Å². The Morgan fingerprint density at radius 1 is 1.00 bits per heavy atom. The number of aryl methyl sites for hydroxylation is 2. The zero-order valence-electron chi connectivity index (χ0n) is 21.6. The zero-order chi connectivity index (χ0) is 27.0. The minimum atomic E-state index is -1.29. The Morgan fingerprint density at radius 3 is 2.25 bits per heavy atom. The fourth-order valence-electron chi connectivity index (χ4n) is 3.19. The van der Waals surface area contributed by atoms with Gasteiger partial charge >= 0.3 is 0 Å². The van der Waals surface area contributed by atoms with E-state index in [-0.39, 0.29) is 18.7 Å². The summed E-state index contributed by atoms with van der Waals surface area (Å²) < 4.78 is 20.0. The second-order valence-corrected chi connectivity index (χ2v) is 9.94. The number of carbonyl (C=O) groups is 3. The number of amides is 3. The van der Waals surface area contributed by atoms with E-state index in [0.29, 0.717) is 5.75 Å². The zero-order valence-corrected chi connectivity index (χ0v) is 21.6. The van der Waals surface area contributed by atoms with Gasteiger partial charge in [-0.25, -0.2) is 4.39 Å². The molecule has 4 N–H and O–H groups in total. The predicted molar refractivity (Wildman–Crippen MR) is 135 cm³/mol. The first-order valence-electron chi connectivity index (χ1n) is 11.8. The lowest BCUT2D eigenvalue weighted by Crippen LogP contribution is -2.59. The van der Waals surface area contributed by atoms with E-state index < -0.39 is 47.1 Å². The maximum absolute atomic E-state index is 14.2. The van der Waals surface area contributed by atoms with E-state index in [1.807, 2.05) is 13.0 Å². The van der Waals surface area contributed by atoms with Gasteiger partial charge in [0.25, 0.3) is 0 Å². The number of aliphatic hydroxyl groups excluding tert-OH is 1. The molecule has 196 valence electrons. The van der Waals surface area contributed by atoms with Crippen molar-refractivity contribution in [1.29, 1.82) is 0 Å². The molecule has 0 spiro atoms. The monoisotopic (exact) mass is 501 g/mol. The number of rotatable bonds is 10. The van der Waals surface area contributed by atoms with E-state index >= 15 is 0 Å². The van der Waals surface area contributed by atoms with E-state index in [9.17, 15) is 23.9 Å².